The van der Waals surface area contributed by atoms with Gasteiger partial charge in [0.25, 0.3) is 5.89 Å². The van der Waals surface area contributed by atoms with Crippen LogP contribution >= 0.6 is 0 Å². The Morgan fingerprint density at radius 3 is 2.24 bits per heavy atom. The van der Waals surface area contributed by atoms with Crippen LogP contribution in [0.5, 0.6) is 0 Å². The van der Waals surface area contributed by atoms with Crippen molar-refractivity contribution in [1.29, 1.82) is 0 Å². The molecule has 1 aromatic carbocycles. The van der Waals surface area contributed by atoms with E-state index in [1.165, 1.54) is 38.8 Å². The van der Waals surface area contributed by atoms with Crippen molar-refractivity contribution >= 4 is 0 Å². The molecule has 0 spiro atoms. The van der Waals surface area contributed by atoms with E-state index < -0.39 is 0 Å². The van der Waals surface area contributed by atoms with E-state index in [0.717, 1.165) is 18.0 Å². The zero-order chi connectivity index (χ0) is 14.9. The van der Waals surface area contributed by atoms with Crippen molar-refractivity contribution in [2.75, 3.05) is 13.1 Å². The van der Waals surface area contributed by atoms with Gasteiger partial charge >= 0.3 is 0 Å². The molecule has 21 heavy (non-hydrogen) atoms. The molecule has 0 unspecified atom stereocenters. The summed E-state index contributed by atoms with van der Waals surface area (Å²) in [6.07, 6.45) is 4.96. The lowest BCUT2D eigenvalue weighted by Gasteiger charge is -2.16. The van der Waals surface area contributed by atoms with E-state index >= 15 is 0 Å². The number of nitrogens with zero attached hydrogens (tertiary/aromatic N) is 2. The van der Waals surface area contributed by atoms with Crippen LogP contribution in [0.3, 0.4) is 0 Å². The first-order valence-electron chi connectivity index (χ1n) is 8.04. The molecule has 0 amide bonds. The molecular formula is C17H26N3O+. The van der Waals surface area contributed by atoms with Crippen LogP contribution in [0.15, 0.2) is 34.7 Å². The van der Waals surface area contributed by atoms with Gasteiger partial charge in [0.1, 0.15) is 0 Å². The quantitative estimate of drug-likeness (QED) is 0.771. The molecule has 0 aliphatic carbocycles. The monoisotopic (exact) mass is 288 g/mol. The van der Waals surface area contributed by atoms with Gasteiger partial charge in [0.05, 0.1) is 13.1 Å². The highest BCUT2D eigenvalue weighted by molar-refractivity contribution is 5.51. The first kappa shape index (κ1) is 15.7. The molecule has 0 radical (unpaired) electrons. The molecular weight excluding hydrogens is 262 g/mol. The minimum Gasteiger partial charge on any atom is -0.415 e. The molecule has 4 heteroatoms. The Balaban J connectivity index is 1.98. The molecule has 1 heterocycles. The maximum atomic E-state index is 5.82. The lowest BCUT2D eigenvalue weighted by Crippen LogP contribution is -3.10. The lowest BCUT2D eigenvalue weighted by atomic mass is 10.2. The third-order valence-corrected chi connectivity index (χ3v) is 3.66. The summed E-state index contributed by atoms with van der Waals surface area (Å²) in [5, 5.41) is 8.38. The van der Waals surface area contributed by atoms with E-state index in [2.05, 4.69) is 24.0 Å². The number of nitrogens with one attached hydrogen (secondary N) is 1. The SMILES string of the molecule is CCCC[NH+](CCCC)Cc1nnc(-c2ccccc2)o1. The molecule has 4 nitrogen and oxygen atoms in total. The van der Waals surface area contributed by atoms with Crippen LogP contribution in [0.2, 0.25) is 0 Å². The van der Waals surface area contributed by atoms with Crippen molar-refractivity contribution in [2.24, 2.45) is 0 Å². The Bertz CT molecular complexity index is 502. The van der Waals surface area contributed by atoms with E-state index in [1.54, 1.807) is 4.90 Å². The number of rotatable bonds is 9. The molecule has 0 saturated heterocycles. The predicted octanol–water partition coefficient (Wildman–Crippen LogP) is 2.72. The summed E-state index contributed by atoms with van der Waals surface area (Å²) in [7, 11) is 0. The van der Waals surface area contributed by atoms with Gasteiger partial charge in [-0.15, -0.1) is 10.2 Å². The van der Waals surface area contributed by atoms with E-state index in [0.29, 0.717) is 5.89 Å². The van der Waals surface area contributed by atoms with Crippen molar-refractivity contribution in [2.45, 2.75) is 46.1 Å². The van der Waals surface area contributed by atoms with Crippen LogP contribution in [-0.2, 0) is 6.54 Å². The number of aromatic nitrogens is 2. The van der Waals surface area contributed by atoms with Gasteiger partial charge in [-0.1, -0.05) is 44.9 Å². The Kier molecular flexibility index (Phi) is 6.41. The van der Waals surface area contributed by atoms with Gasteiger partial charge in [-0.05, 0) is 25.0 Å². The van der Waals surface area contributed by atoms with Crippen LogP contribution < -0.4 is 4.90 Å². The fourth-order valence-corrected chi connectivity index (χ4v) is 2.39. The summed E-state index contributed by atoms with van der Waals surface area (Å²) in [6, 6.07) is 9.95. The second-order valence-corrected chi connectivity index (χ2v) is 5.50. The molecule has 1 aromatic heterocycles. The fraction of sp³-hybridized carbons (Fsp3) is 0.529. The van der Waals surface area contributed by atoms with Gasteiger partial charge in [0, 0.05) is 5.56 Å². The summed E-state index contributed by atoms with van der Waals surface area (Å²) in [6.45, 7) is 7.66. The van der Waals surface area contributed by atoms with Crippen molar-refractivity contribution in [3.8, 4) is 11.5 Å². The summed E-state index contributed by atoms with van der Waals surface area (Å²) in [5.41, 5.74) is 0.986. The number of unbranched alkanes of at least 4 members (excludes halogenated alkanes) is 2. The van der Waals surface area contributed by atoms with Crippen molar-refractivity contribution in [3.05, 3.63) is 36.2 Å². The van der Waals surface area contributed by atoms with Gasteiger partial charge in [0.15, 0.2) is 6.54 Å². The first-order chi connectivity index (χ1) is 10.3. The van der Waals surface area contributed by atoms with Crippen LogP contribution in [-0.4, -0.2) is 23.3 Å². The number of quaternary nitrogens is 1. The van der Waals surface area contributed by atoms with E-state index in [9.17, 15) is 0 Å². The molecule has 0 fully saturated rings. The average Bonchev–Trinajstić information content (AvgIpc) is 2.99. The zero-order valence-corrected chi connectivity index (χ0v) is 13.1. The van der Waals surface area contributed by atoms with Crippen LogP contribution in [0.25, 0.3) is 11.5 Å². The maximum absolute atomic E-state index is 5.82. The topological polar surface area (TPSA) is 43.4 Å². The van der Waals surface area contributed by atoms with Crippen LogP contribution in [0.4, 0.5) is 0 Å². The Morgan fingerprint density at radius 2 is 1.62 bits per heavy atom. The molecule has 2 aromatic rings. The van der Waals surface area contributed by atoms with Gasteiger partial charge in [-0.25, -0.2) is 0 Å². The predicted molar refractivity (Wildman–Crippen MR) is 84.0 cm³/mol. The standard InChI is InChI=1S/C17H25N3O/c1-3-5-12-20(13-6-4-2)14-16-18-19-17(21-16)15-10-8-7-9-11-15/h7-11H,3-6,12-14H2,1-2H3/p+1. The number of hydrogen-bond acceptors (Lipinski definition) is 3. The molecule has 0 aliphatic rings. The Labute approximate surface area is 127 Å². The van der Waals surface area contributed by atoms with Gasteiger partial charge in [-0.2, -0.15) is 0 Å². The van der Waals surface area contributed by atoms with Crippen LogP contribution in [0, 0.1) is 0 Å². The minimum absolute atomic E-state index is 0.621. The summed E-state index contributed by atoms with van der Waals surface area (Å²) >= 11 is 0. The second-order valence-electron chi connectivity index (χ2n) is 5.50. The molecule has 0 aliphatic heterocycles. The number of benzene rings is 1. The highest BCUT2D eigenvalue weighted by atomic mass is 16.4. The zero-order valence-electron chi connectivity index (χ0n) is 13.1. The van der Waals surface area contributed by atoms with E-state index in [-0.39, 0.29) is 0 Å². The summed E-state index contributed by atoms with van der Waals surface area (Å²) in [4.78, 5) is 1.54. The Hall–Kier alpha value is -1.68. The molecule has 0 atom stereocenters. The van der Waals surface area contributed by atoms with E-state index in [4.69, 9.17) is 4.42 Å². The van der Waals surface area contributed by atoms with Crippen molar-refractivity contribution in [3.63, 3.8) is 0 Å². The van der Waals surface area contributed by atoms with Crippen molar-refractivity contribution in [1.82, 2.24) is 10.2 Å². The lowest BCUT2D eigenvalue weighted by molar-refractivity contribution is -0.915. The maximum Gasteiger partial charge on any atom is 0.271 e. The summed E-state index contributed by atoms with van der Waals surface area (Å²) < 4.78 is 5.82. The van der Waals surface area contributed by atoms with Crippen molar-refractivity contribution < 1.29 is 9.32 Å². The van der Waals surface area contributed by atoms with Gasteiger partial charge in [-0.3, -0.25) is 0 Å². The number of hydrogen-bond donors (Lipinski definition) is 1. The molecule has 0 saturated carbocycles. The Morgan fingerprint density at radius 1 is 0.952 bits per heavy atom. The molecule has 114 valence electrons. The second kappa shape index (κ2) is 8.57. The van der Waals surface area contributed by atoms with Gasteiger partial charge < -0.3 is 9.32 Å². The molecule has 2 rings (SSSR count). The highest BCUT2D eigenvalue weighted by Gasteiger charge is 2.15. The third-order valence-electron chi connectivity index (χ3n) is 3.66. The average molecular weight is 288 g/mol. The molecule has 1 N–H and O–H groups in total. The normalized spacial score (nSPS) is 11.2. The minimum atomic E-state index is 0.621. The molecule has 0 bridgehead atoms. The first-order valence-corrected chi connectivity index (χ1v) is 8.04. The third kappa shape index (κ3) is 4.97. The largest absolute Gasteiger partial charge is 0.415 e. The summed E-state index contributed by atoms with van der Waals surface area (Å²) in [5.74, 6) is 1.37. The fourth-order valence-electron chi connectivity index (χ4n) is 2.39. The van der Waals surface area contributed by atoms with Gasteiger partial charge in [0.2, 0.25) is 5.89 Å². The highest BCUT2D eigenvalue weighted by Crippen LogP contribution is 2.16. The van der Waals surface area contributed by atoms with E-state index in [1.807, 2.05) is 30.3 Å². The smallest absolute Gasteiger partial charge is 0.271 e. The van der Waals surface area contributed by atoms with Crippen LogP contribution in [0.1, 0.15) is 45.4 Å².